The van der Waals surface area contributed by atoms with Gasteiger partial charge in [-0.25, -0.2) is 4.57 Å². The van der Waals surface area contributed by atoms with E-state index in [1.165, 1.54) is 16.7 Å². The SMILES string of the molecule is O=C([O-])C1C(SCC[n+]2ccccc2)SC2[C@@H](CCO)C(=O)N12. The van der Waals surface area contributed by atoms with Gasteiger partial charge in [0.25, 0.3) is 0 Å². The molecule has 0 saturated carbocycles. The van der Waals surface area contributed by atoms with E-state index in [9.17, 15) is 14.7 Å². The fraction of sp³-hybridized carbons (Fsp3) is 0.533. The fourth-order valence-electron chi connectivity index (χ4n) is 2.97. The van der Waals surface area contributed by atoms with Crippen molar-refractivity contribution in [3.8, 4) is 0 Å². The molecule has 1 N–H and O–H groups in total. The van der Waals surface area contributed by atoms with Crippen LogP contribution in [-0.4, -0.2) is 50.2 Å². The molecule has 23 heavy (non-hydrogen) atoms. The molecule has 3 unspecified atom stereocenters. The van der Waals surface area contributed by atoms with Crippen LogP contribution in [0, 0.1) is 5.92 Å². The number of carbonyl (C=O) groups excluding carboxylic acids is 2. The van der Waals surface area contributed by atoms with Crippen molar-refractivity contribution in [2.24, 2.45) is 5.92 Å². The van der Waals surface area contributed by atoms with Gasteiger partial charge in [0.2, 0.25) is 5.91 Å². The second-order valence-electron chi connectivity index (χ2n) is 5.51. The van der Waals surface area contributed by atoms with Crippen molar-refractivity contribution in [2.45, 2.75) is 29.0 Å². The number of hydrogen-bond donors (Lipinski definition) is 1. The molecule has 2 aliphatic rings. The standard InChI is InChI=1S/C15H18N2O4S2/c18-8-4-10-12(19)17-11(14(20)21)15(23-13(10)17)22-9-7-16-5-2-1-3-6-16/h1-3,5-6,10-11,13,15,18H,4,7-9H2/t10-,11?,13?,15?/m0/s1. The Morgan fingerprint density at radius 3 is 2.78 bits per heavy atom. The molecule has 8 heteroatoms. The number of aryl methyl sites for hydroxylation is 1. The van der Waals surface area contributed by atoms with Crippen molar-refractivity contribution in [1.82, 2.24) is 4.90 Å². The van der Waals surface area contributed by atoms with E-state index in [-0.39, 0.29) is 28.4 Å². The summed E-state index contributed by atoms with van der Waals surface area (Å²) in [5.41, 5.74) is 0. The van der Waals surface area contributed by atoms with Crippen molar-refractivity contribution < 1.29 is 24.4 Å². The van der Waals surface area contributed by atoms with E-state index in [0.29, 0.717) is 6.42 Å². The third-order valence-electron chi connectivity index (χ3n) is 4.11. The highest BCUT2D eigenvalue weighted by Crippen LogP contribution is 2.51. The molecule has 2 saturated heterocycles. The molecule has 0 aromatic carbocycles. The normalized spacial score (nSPS) is 29.3. The van der Waals surface area contributed by atoms with Gasteiger partial charge >= 0.3 is 0 Å². The van der Waals surface area contributed by atoms with Crippen molar-refractivity contribution in [2.75, 3.05) is 12.4 Å². The number of carbonyl (C=O) groups is 2. The van der Waals surface area contributed by atoms with Gasteiger partial charge in [-0.1, -0.05) is 6.07 Å². The zero-order chi connectivity index (χ0) is 16.4. The molecule has 1 aromatic heterocycles. The van der Waals surface area contributed by atoms with E-state index >= 15 is 0 Å². The summed E-state index contributed by atoms with van der Waals surface area (Å²) in [7, 11) is 0. The van der Waals surface area contributed by atoms with Crippen molar-refractivity contribution in [3.63, 3.8) is 0 Å². The summed E-state index contributed by atoms with van der Waals surface area (Å²) in [6, 6.07) is 4.96. The van der Waals surface area contributed by atoms with Gasteiger partial charge in [-0.05, 0) is 6.42 Å². The third kappa shape index (κ3) is 3.20. The fourth-order valence-corrected chi connectivity index (χ4v) is 6.36. The first-order chi connectivity index (χ1) is 11.1. The van der Waals surface area contributed by atoms with Crippen LogP contribution in [0.2, 0.25) is 0 Å². The number of aromatic nitrogens is 1. The van der Waals surface area contributed by atoms with Crippen LogP contribution in [0.1, 0.15) is 6.42 Å². The maximum Gasteiger partial charge on any atom is 0.230 e. The number of aliphatic hydroxyl groups excluding tert-OH is 1. The summed E-state index contributed by atoms with van der Waals surface area (Å²) < 4.78 is 1.82. The molecular weight excluding hydrogens is 336 g/mol. The van der Waals surface area contributed by atoms with Crippen LogP contribution in [0.4, 0.5) is 0 Å². The molecule has 0 bridgehead atoms. The average Bonchev–Trinajstić information content (AvgIpc) is 2.89. The maximum atomic E-state index is 12.1. The number of rotatable bonds is 7. The second kappa shape index (κ2) is 7.11. The zero-order valence-electron chi connectivity index (χ0n) is 12.4. The summed E-state index contributed by atoms with van der Waals surface area (Å²) in [5.74, 6) is -0.872. The summed E-state index contributed by atoms with van der Waals surface area (Å²) >= 11 is 3.06. The molecule has 6 nitrogen and oxygen atoms in total. The van der Waals surface area contributed by atoms with Gasteiger partial charge in [0.05, 0.1) is 33.6 Å². The number of β-lactam (4-membered cyclic amide) rings is 1. The number of pyridine rings is 1. The predicted octanol–water partition coefficient (Wildman–Crippen LogP) is -0.934. The molecule has 0 radical (unpaired) electrons. The van der Waals surface area contributed by atoms with E-state index in [4.69, 9.17) is 5.11 Å². The molecule has 1 aromatic rings. The second-order valence-corrected chi connectivity index (χ2v) is 8.32. The van der Waals surface area contributed by atoms with Crippen LogP contribution in [0.15, 0.2) is 30.6 Å². The largest absolute Gasteiger partial charge is 0.548 e. The first-order valence-electron chi connectivity index (χ1n) is 7.48. The number of thioether (sulfide) groups is 2. The lowest BCUT2D eigenvalue weighted by atomic mass is 9.93. The van der Waals surface area contributed by atoms with Crippen LogP contribution in [0.25, 0.3) is 0 Å². The monoisotopic (exact) mass is 354 g/mol. The number of hydrogen-bond acceptors (Lipinski definition) is 6. The van der Waals surface area contributed by atoms with E-state index in [1.54, 1.807) is 11.8 Å². The Morgan fingerprint density at radius 1 is 1.39 bits per heavy atom. The van der Waals surface area contributed by atoms with Gasteiger partial charge in [0.1, 0.15) is 0 Å². The highest BCUT2D eigenvalue weighted by molar-refractivity contribution is 8.17. The summed E-state index contributed by atoms with van der Waals surface area (Å²) in [6.07, 6.45) is 4.32. The summed E-state index contributed by atoms with van der Waals surface area (Å²) in [5, 5.41) is 20.4. The van der Waals surface area contributed by atoms with E-state index in [0.717, 1.165) is 12.3 Å². The number of amides is 1. The summed E-state index contributed by atoms with van der Waals surface area (Å²) in [4.78, 5) is 25.0. The molecule has 2 fully saturated rings. The molecular formula is C15H18N2O4S2. The van der Waals surface area contributed by atoms with Gasteiger partial charge in [0.15, 0.2) is 18.9 Å². The lowest BCUT2D eigenvalue weighted by molar-refractivity contribution is -0.692. The van der Waals surface area contributed by atoms with Crippen LogP contribution in [-0.2, 0) is 16.1 Å². The van der Waals surface area contributed by atoms with E-state index in [2.05, 4.69) is 0 Å². The molecule has 3 rings (SSSR count). The molecule has 124 valence electrons. The van der Waals surface area contributed by atoms with Crippen LogP contribution in [0.3, 0.4) is 0 Å². The van der Waals surface area contributed by atoms with Crippen LogP contribution >= 0.6 is 23.5 Å². The van der Waals surface area contributed by atoms with Crippen LogP contribution < -0.4 is 9.67 Å². The van der Waals surface area contributed by atoms with Gasteiger partial charge in [0, 0.05) is 18.7 Å². The zero-order valence-corrected chi connectivity index (χ0v) is 14.0. The topological polar surface area (TPSA) is 84.5 Å². The highest BCUT2D eigenvalue weighted by Gasteiger charge is 2.58. The Bertz CT molecular complexity index is 586. The predicted molar refractivity (Wildman–Crippen MR) is 85.1 cm³/mol. The number of aliphatic hydroxyl groups is 1. The lowest BCUT2D eigenvalue weighted by Gasteiger charge is -2.44. The van der Waals surface area contributed by atoms with Gasteiger partial charge in [-0.15, -0.1) is 23.5 Å². The molecule has 0 aliphatic carbocycles. The molecule has 0 spiro atoms. The Labute approximate surface area is 142 Å². The Hall–Kier alpha value is -1.25. The Kier molecular flexibility index (Phi) is 5.13. The molecule has 4 atom stereocenters. The Balaban J connectivity index is 1.60. The number of aliphatic carboxylic acids is 1. The smallest absolute Gasteiger partial charge is 0.230 e. The average molecular weight is 354 g/mol. The lowest BCUT2D eigenvalue weighted by Crippen LogP contribution is -2.63. The number of nitrogens with zero attached hydrogens (tertiary/aromatic N) is 2. The quantitative estimate of drug-likeness (QED) is 0.503. The van der Waals surface area contributed by atoms with Crippen molar-refractivity contribution in [1.29, 1.82) is 0 Å². The third-order valence-corrected chi connectivity index (χ3v) is 7.22. The molecule has 3 heterocycles. The molecule has 1 amide bonds. The molecule has 2 aliphatic heterocycles. The number of carboxylic acids is 1. The highest BCUT2D eigenvalue weighted by atomic mass is 32.2. The summed E-state index contributed by atoms with van der Waals surface area (Å²) in [6.45, 7) is 0.723. The van der Waals surface area contributed by atoms with Crippen molar-refractivity contribution >= 4 is 35.4 Å². The van der Waals surface area contributed by atoms with E-state index < -0.39 is 12.0 Å². The number of fused-ring (bicyclic) bond motifs is 1. The van der Waals surface area contributed by atoms with Gasteiger partial charge in [-0.3, -0.25) is 4.79 Å². The van der Waals surface area contributed by atoms with Crippen LogP contribution in [0.5, 0.6) is 0 Å². The minimum atomic E-state index is -1.19. The minimum Gasteiger partial charge on any atom is -0.548 e. The number of carboxylic acid groups (broad SMARTS) is 1. The Morgan fingerprint density at radius 2 is 2.13 bits per heavy atom. The first-order valence-corrected chi connectivity index (χ1v) is 9.47. The minimum absolute atomic E-state index is 0.0558. The van der Waals surface area contributed by atoms with Gasteiger partial charge < -0.3 is 19.9 Å². The van der Waals surface area contributed by atoms with Crippen molar-refractivity contribution in [3.05, 3.63) is 30.6 Å². The first kappa shape index (κ1) is 16.6. The maximum absolute atomic E-state index is 12.1. The van der Waals surface area contributed by atoms with E-state index in [1.807, 2.05) is 35.2 Å². The van der Waals surface area contributed by atoms with Gasteiger partial charge in [-0.2, -0.15) is 0 Å².